The monoisotopic (exact) mass is 383 g/mol. The molecule has 2 aromatic rings. The van der Waals surface area contributed by atoms with Gasteiger partial charge in [0.1, 0.15) is 11.7 Å². The molecule has 2 atom stereocenters. The standard InChI is InChI=1S/C21H22FN3O3/c1-4-19(26)25-20-15-11-18(28-3)17(27-2)9-12(15)8-16(20)21(24-25)23-14-7-5-6-13(22)10-14/h5-7,9-11,16,20H,4,8H2,1-3H3,(H,23,24). The van der Waals surface area contributed by atoms with E-state index in [1.165, 1.54) is 12.1 Å². The Morgan fingerprint density at radius 1 is 1.25 bits per heavy atom. The van der Waals surface area contributed by atoms with Crippen LogP contribution in [0.15, 0.2) is 41.4 Å². The van der Waals surface area contributed by atoms with Crippen molar-refractivity contribution in [3.63, 3.8) is 0 Å². The fourth-order valence-electron chi connectivity index (χ4n) is 3.98. The van der Waals surface area contributed by atoms with E-state index >= 15 is 0 Å². The lowest BCUT2D eigenvalue weighted by Gasteiger charge is -2.24. The Hall–Kier alpha value is -3.09. The van der Waals surface area contributed by atoms with Gasteiger partial charge in [-0.25, -0.2) is 14.4 Å². The average molecular weight is 383 g/mol. The number of ether oxygens (including phenoxy) is 2. The van der Waals surface area contributed by atoms with Gasteiger partial charge in [0.05, 0.1) is 25.9 Å². The maximum Gasteiger partial charge on any atom is 0.241 e. The highest BCUT2D eigenvalue weighted by atomic mass is 19.1. The fourth-order valence-corrected chi connectivity index (χ4v) is 3.98. The maximum absolute atomic E-state index is 13.6. The number of nitrogens with zero attached hydrogens (tertiary/aromatic N) is 2. The second-order valence-corrected chi connectivity index (χ2v) is 6.87. The number of carbonyl (C=O) groups excluding carboxylic acids is 1. The smallest absolute Gasteiger partial charge is 0.241 e. The van der Waals surface area contributed by atoms with E-state index in [0.717, 1.165) is 11.1 Å². The summed E-state index contributed by atoms with van der Waals surface area (Å²) in [5.74, 6) is 1.54. The summed E-state index contributed by atoms with van der Waals surface area (Å²) in [7, 11) is 3.20. The van der Waals surface area contributed by atoms with Crippen molar-refractivity contribution in [2.24, 2.45) is 10.9 Å². The van der Waals surface area contributed by atoms with Crippen molar-refractivity contribution >= 4 is 17.4 Å². The first-order chi connectivity index (χ1) is 13.5. The first kappa shape index (κ1) is 18.3. The van der Waals surface area contributed by atoms with Gasteiger partial charge in [-0.1, -0.05) is 13.0 Å². The Morgan fingerprint density at radius 3 is 2.68 bits per heavy atom. The Labute approximate surface area is 162 Å². The number of carbonyl (C=O) groups is 1. The van der Waals surface area contributed by atoms with Crippen molar-refractivity contribution in [3.8, 4) is 11.5 Å². The molecule has 1 aliphatic heterocycles. The molecule has 0 bridgehead atoms. The van der Waals surface area contributed by atoms with Gasteiger partial charge in [0.25, 0.3) is 0 Å². The number of nitrogens with one attached hydrogen (secondary N) is 1. The van der Waals surface area contributed by atoms with Gasteiger partial charge in [-0.3, -0.25) is 10.2 Å². The van der Waals surface area contributed by atoms with Crippen molar-refractivity contribution in [1.29, 1.82) is 0 Å². The van der Waals surface area contributed by atoms with E-state index < -0.39 is 0 Å². The van der Waals surface area contributed by atoms with E-state index in [0.29, 0.717) is 35.9 Å². The first-order valence-electron chi connectivity index (χ1n) is 9.23. The zero-order chi connectivity index (χ0) is 19.8. The summed E-state index contributed by atoms with van der Waals surface area (Å²) in [5, 5.41) is 1.64. The normalized spacial score (nSPS) is 21.3. The molecule has 0 spiro atoms. The van der Waals surface area contributed by atoms with Gasteiger partial charge in [0.2, 0.25) is 5.91 Å². The van der Waals surface area contributed by atoms with E-state index in [9.17, 15) is 9.18 Å². The zero-order valence-corrected chi connectivity index (χ0v) is 16.0. The molecular weight excluding hydrogens is 361 g/mol. The number of amidine groups is 1. The molecule has 1 fully saturated rings. The van der Waals surface area contributed by atoms with Crippen LogP contribution in [-0.2, 0) is 11.2 Å². The maximum atomic E-state index is 13.6. The summed E-state index contributed by atoms with van der Waals surface area (Å²) in [6.07, 6.45) is 1.07. The molecule has 1 amide bonds. The molecule has 0 saturated carbocycles. The molecule has 1 aliphatic carbocycles. The van der Waals surface area contributed by atoms with Crippen LogP contribution in [-0.4, -0.2) is 31.0 Å². The Bertz CT molecular complexity index is 960. The molecule has 0 aromatic heterocycles. The first-order valence-corrected chi connectivity index (χ1v) is 9.23. The summed E-state index contributed by atoms with van der Waals surface area (Å²) in [6.45, 7) is 1.82. The summed E-state index contributed by atoms with van der Waals surface area (Å²) < 4.78 is 24.4. The molecule has 0 radical (unpaired) electrons. The number of benzene rings is 2. The molecule has 1 N–H and O–H groups in total. The van der Waals surface area contributed by atoms with E-state index in [1.807, 2.05) is 19.1 Å². The number of hydrogen-bond acceptors (Lipinski definition) is 4. The molecule has 6 nitrogen and oxygen atoms in total. The molecule has 4 rings (SSSR count). The number of hydrazine groups is 1. The molecule has 2 aromatic carbocycles. The largest absolute Gasteiger partial charge is 0.493 e. The van der Waals surface area contributed by atoms with Gasteiger partial charge in [0.15, 0.2) is 11.5 Å². The molecule has 2 aliphatic rings. The second-order valence-electron chi connectivity index (χ2n) is 6.87. The highest BCUT2D eigenvalue weighted by molar-refractivity contribution is 5.94. The minimum absolute atomic E-state index is 0.0259. The highest BCUT2D eigenvalue weighted by Gasteiger charge is 2.47. The summed E-state index contributed by atoms with van der Waals surface area (Å²) >= 11 is 0. The van der Waals surface area contributed by atoms with Crippen molar-refractivity contribution in [1.82, 2.24) is 10.4 Å². The minimum Gasteiger partial charge on any atom is -0.493 e. The molecule has 1 saturated heterocycles. The minimum atomic E-state index is -0.345. The lowest BCUT2D eigenvalue weighted by Crippen LogP contribution is -2.39. The summed E-state index contributed by atoms with van der Waals surface area (Å²) in [5.41, 5.74) is 5.78. The average Bonchev–Trinajstić information content (AvgIpc) is 3.23. The van der Waals surface area contributed by atoms with Crippen LogP contribution >= 0.6 is 0 Å². The summed E-state index contributed by atoms with van der Waals surface area (Å²) in [6, 6.07) is 9.82. The van der Waals surface area contributed by atoms with E-state index in [4.69, 9.17) is 9.47 Å². The van der Waals surface area contributed by atoms with Gasteiger partial charge in [-0.2, -0.15) is 0 Å². The van der Waals surface area contributed by atoms with Crippen LogP contribution in [0.2, 0.25) is 0 Å². The summed E-state index contributed by atoms with van der Waals surface area (Å²) in [4.78, 5) is 17.2. The third-order valence-electron chi connectivity index (χ3n) is 5.28. The number of rotatable bonds is 4. The van der Waals surface area contributed by atoms with Crippen molar-refractivity contribution in [2.45, 2.75) is 25.8 Å². The number of methoxy groups -OCH3 is 2. The van der Waals surface area contributed by atoms with Gasteiger partial charge < -0.3 is 9.47 Å². The SMILES string of the molecule is CCC(=O)N1NC(=Nc2cccc(F)c2)C2Cc3cc(OC)c(OC)cc3C21. The number of halogens is 1. The third kappa shape index (κ3) is 2.96. The fraction of sp³-hybridized carbons (Fsp3) is 0.333. The molecule has 2 unspecified atom stereocenters. The lowest BCUT2D eigenvalue weighted by atomic mass is 10.0. The second kappa shape index (κ2) is 7.14. The number of aliphatic imine (C=N–C) groups is 1. The van der Waals surface area contributed by atoms with Crippen LogP contribution in [0.3, 0.4) is 0 Å². The Kier molecular flexibility index (Phi) is 4.66. The highest BCUT2D eigenvalue weighted by Crippen LogP contribution is 2.47. The van der Waals surface area contributed by atoms with E-state index in [2.05, 4.69) is 10.4 Å². The zero-order valence-electron chi connectivity index (χ0n) is 16.0. The quantitative estimate of drug-likeness (QED) is 0.877. The van der Waals surface area contributed by atoms with Crippen LogP contribution in [0, 0.1) is 11.7 Å². The van der Waals surface area contributed by atoms with Crippen LogP contribution in [0.5, 0.6) is 11.5 Å². The Balaban J connectivity index is 1.78. The van der Waals surface area contributed by atoms with Crippen molar-refractivity contribution < 1.29 is 18.7 Å². The van der Waals surface area contributed by atoms with Crippen molar-refractivity contribution in [3.05, 3.63) is 53.3 Å². The molecule has 1 heterocycles. The number of fused-ring (bicyclic) bond motifs is 3. The van der Waals surface area contributed by atoms with Crippen molar-refractivity contribution in [2.75, 3.05) is 14.2 Å². The number of hydrogen-bond donors (Lipinski definition) is 1. The van der Waals surface area contributed by atoms with E-state index in [-0.39, 0.29) is 23.7 Å². The Morgan fingerprint density at radius 2 is 2.00 bits per heavy atom. The van der Waals surface area contributed by atoms with Gasteiger partial charge in [-0.05, 0) is 47.9 Å². The molecular formula is C21H22FN3O3. The molecule has 146 valence electrons. The van der Waals surface area contributed by atoms with Crippen LogP contribution in [0.25, 0.3) is 0 Å². The third-order valence-corrected chi connectivity index (χ3v) is 5.28. The predicted molar refractivity (Wildman–Crippen MR) is 103 cm³/mol. The van der Waals surface area contributed by atoms with Gasteiger partial charge >= 0.3 is 0 Å². The van der Waals surface area contributed by atoms with Crippen LogP contribution < -0.4 is 14.9 Å². The van der Waals surface area contributed by atoms with Crippen LogP contribution in [0.4, 0.5) is 10.1 Å². The molecule has 28 heavy (non-hydrogen) atoms. The molecule has 7 heteroatoms. The number of amides is 1. The topological polar surface area (TPSA) is 63.2 Å². The predicted octanol–water partition coefficient (Wildman–Crippen LogP) is 3.54. The van der Waals surface area contributed by atoms with Gasteiger partial charge in [-0.15, -0.1) is 0 Å². The van der Waals surface area contributed by atoms with E-state index in [1.54, 1.807) is 31.4 Å². The lowest BCUT2D eigenvalue weighted by molar-refractivity contribution is -0.134. The van der Waals surface area contributed by atoms with Gasteiger partial charge in [0, 0.05) is 12.3 Å². The van der Waals surface area contributed by atoms with Crippen LogP contribution in [0.1, 0.15) is 30.5 Å².